The van der Waals surface area contributed by atoms with Gasteiger partial charge in [0.15, 0.2) is 0 Å². The summed E-state index contributed by atoms with van der Waals surface area (Å²) in [7, 11) is 0. The minimum Gasteiger partial charge on any atom is -0.480 e. The monoisotopic (exact) mass is 321 g/mol. The van der Waals surface area contributed by atoms with Crippen molar-refractivity contribution in [3.8, 4) is 6.07 Å². The maximum atomic E-state index is 11.8. The highest BCUT2D eigenvalue weighted by molar-refractivity contribution is 7.98. The van der Waals surface area contributed by atoms with Crippen LogP contribution in [0.25, 0.3) is 0 Å². The first-order valence-corrected chi connectivity index (χ1v) is 8.17. The summed E-state index contributed by atoms with van der Waals surface area (Å²) in [5.41, 5.74) is 1.36. The molecule has 1 amide bonds. The number of nitrogens with one attached hydrogen (secondary N) is 2. The number of carboxylic acids is 1. The Hall–Kier alpha value is -2.04. The molecule has 1 aromatic rings. The minimum absolute atomic E-state index is 0.00279. The third-order valence-electron chi connectivity index (χ3n) is 2.98. The maximum Gasteiger partial charge on any atom is 0.326 e. The van der Waals surface area contributed by atoms with E-state index in [4.69, 9.17) is 10.4 Å². The molecule has 22 heavy (non-hydrogen) atoms. The fourth-order valence-electron chi connectivity index (χ4n) is 1.83. The average molecular weight is 321 g/mol. The molecular weight excluding hydrogens is 302 g/mol. The molecule has 0 fully saturated rings. The van der Waals surface area contributed by atoms with E-state index in [1.807, 2.05) is 18.4 Å². The van der Waals surface area contributed by atoms with Gasteiger partial charge in [-0.3, -0.25) is 4.79 Å². The van der Waals surface area contributed by atoms with Gasteiger partial charge in [0.25, 0.3) is 0 Å². The van der Waals surface area contributed by atoms with E-state index in [1.165, 1.54) is 11.8 Å². The van der Waals surface area contributed by atoms with Crippen LogP contribution in [0, 0.1) is 11.3 Å². The lowest BCUT2D eigenvalue weighted by Gasteiger charge is -2.14. The number of nitrogens with zero attached hydrogens (tertiary/aromatic N) is 1. The fraction of sp³-hybridized carbons (Fsp3) is 0.400. The number of carbonyl (C=O) groups is 2. The Morgan fingerprint density at radius 1 is 1.41 bits per heavy atom. The normalized spacial score (nSPS) is 11.5. The number of carbonyl (C=O) groups excluding carboxylic acids is 1. The fourth-order valence-corrected chi connectivity index (χ4v) is 2.30. The molecule has 7 heteroatoms. The topological polar surface area (TPSA) is 102 Å². The number of nitriles is 1. The third kappa shape index (κ3) is 6.16. The van der Waals surface area contributed by atoms with Gasteiger partial charge in [0.1, 0.15) is 6.04 Å². The van der Waals surface area contributed by atoms with Crippen molar-refractivity contribution in [1.29, 1.82) is 5.26 Å². The Labute approximate surface area is 133 Å². The zero-order valence-corrected chi connectivity index (χ0v) is 13.2. The lowest BCUT2D eigenvalue weighted by atomic mass is 10.1. The molecule has 0 spiro atoms. The molecule has 0 aliphatic heterocycles. The van der Waals surface area contributed by atoms with E-state index in [-0.39, 0.29) is 12.5 Å². The van der Waals surface area contributed by atoms with E-state index >= 15 is 0 Å². The van der Waals surface area contributed by atoms with Crippen LogP contribution in [-0.2, 0) is 16.1 Å². The zero-order chi connectivity index (χ0) is 16.4. The van der Waals surface area contributed by atoms with Crippen LogP contribution < -0.4 is 10.6 Å². The number of aliphatic carboxylic acids is 1. The van der Waals surface area contributed by atoms with Crippen LogP contribution in [0.2, 0.25) is 0 Å². The van der Waals surface area contributed by atoms with Gasteiger partial charge in [0, 0.05) is 6.54 Å². The summed E-state index contributed by atoms with van der Waals surface area (Å²) in [6.45, 7) is 0.377. The predicted molar refractivity (Wildman–Crippen MR) is 85.4 cm³/mol. The smallest absolute Gasteiger partial charge is 0.326 e. The van der Waals surface area contributed by atoms with Crippen LogP contribution in [0.1, 0.15) is 17.5 Å². The van der Waals surface area contributed by atoms with Gasteiger partial charge in [-0.25, -0.2) is 4.79 Å². The number of benzene rings is 1. The highest BCUT2D eigenvalue weighted by Gasteiger charge is 2.18. The Bertz CT molecular complexity index is 557. The molecule has 0 saturated carbocycles. The summed E-state index contributed by atoms with van der Waals surface area (Å²) in [6, 6.07) is 8.33. The summed E-state index contributed by atoms with van der Waals surface area (Å²) >= 11 is 1.53. The molecule has 1 rings (SSSR count). The number of thioether (sulfide) groups is 1. The van der Waals surface area contributed by atoms with Crippen molar-refractivity contribution < 1.29 is 14.7 Å². The second-order valence-electron chi connectivity index (χ2n) is 4.61. The van der Waals surface area contributed by atoms with Crippen LogP contribution >= 0.6 is 11.8 Å². The van der Waals surface area contributed by atoms with Crippen LogP contribution in [0.3, 0.4) is 0 Å². The van der Waals surface area contributed by atoms with Gasteiger partial charge in [0.2, 0.25) is 5.91 Å². The highest BCUT2D eigenvalue weighted by Crippen LogP contribution is 2.06. The molecule has 0 aromatic heterocycles. The SMILES string of the molecule is CSCC[C@H](NC(=O)CNCc1ccccc1C#N)C(=O)O. The standard InChI is InChI=1S/C15H19N3O3S/c1-22-7-6-13(15(20)21)18-14(19)10-17-9-12-5-3-2-4-11(12)8-16/h2-5,13,17H,6-7,9-10H2,1H3,(H,18,19)(H,20,21)/t13-/m0/s1. The largest absolute Gasteiger partial charge is 0.480 e. The first-order chi connectivity index (χ1) is 10.6. The lowest BCUT2D eigenvalue weighted by Crippen LogP contribution is -2.44. The quantitative estimate of drug-likeness (QED) is 0.626. The molecule has 0 aliphatic carbocycles. The van der Waals surface area contributed by atoms with Crippen LogP contribution in [0.4, 0.5) is 0 Å². The van der Waals surface area contributed by atoms with Crippen molar-refractivity contribution >= 4 is 23.6 Å². The van der Waals surface area contributed by atoms with E-state index in [1.54, 1.807) is 12.1 Å². The molecule has 0 unspecified atom stereocenters. The minimum atomic E-state index is -1.03. The molecule has 0 saturated heterocycles. The van der Waals surface area contributed by atoms with E-state index in [0.717, 1.165) is 5.56 Å². The summed E-state index contributed by atoms with van der Waals surface area (Å²) in [5.74, 6) is -0.736. The predicted octanol–water partition coefficient (Wildman–Crippen LogP) is 0.970. The number of carboxylic acid groups (broad SMARTS) is 1. The number of hydrogen-bond acceptors (Lipinski definition) is 5. The van der Waals surface area contributed by atoms with Crippen molar-refractivity contribution in [2.24, 2.45) is 0 Å². The molecule has 0 heterocycles. The van der Waals surface area contributed by atoms with E-state index < -0.39 is 12.0 Å². The van der Waals surface area contributed by atoms with Crippen LogP contribution in [-0.4, -0.2) is 41.6 Å². The Balaban J connectivity index is 2.42. The number of hydrogen-bond donors (Lipinski definition) is 3. The molecule has 0 radical (unpaired) electrons. The van der Waals surface area contributed by atoms with Crippen molar-refractivity contribution in [2.75, 3.05) is 18.6 Å². The Morgan fingerprint density at radius 2 is 2.14 bits per heavy atom. The van der Waals surface area contributed by atoms with Gasteiger partial charge in [-0.2, -0.15) is 17.0 Å². The molecule has 1 aromatic carbocycles. The number of amides is 1. The van der Waals surface area contributed by atoms with Crippen LogP contribution in [0.15, 0.2) is 24.3 Å². The summed E-state index contributed by atoms with van der Waals surface area (Å²) in [4.78, 5) is 22.8. The van der Waals surface area contributed by atoms with Crippen molar-refractivity contribution in [3.63, 3.8) is 0 Å². The third-order valence-corrected chi connectivity index (χ3v) is 3.63. The summed E-state index contributed by atoms with van der Waals surface area (Å²) in [6.07, 6.45) is 2.27. The summed E-state index contributed by atoms with van der Waals surface area (Å²) < 4.78 is 0. The van der Waals surface area contributed by atoms with Crippen molar-refractivity contribution in [3.05, 3.63) is 35.4 Å². The Morgan fingerprint density at radius 3 is 2.77 bits per heavy atom. The first-order valence-electron chi connectivity index (χ1n) is 6.78. The molecular formula is C15H19N3O3S. The van der Waals surface area contributed by atoms with Crippen molar-refractivity contribution in [1.82, 2.24) is 10.6 Å². The molecule has 3 N–H and O–H groups in total. The van der Waals surface area contributed by atoms with E-state index in [2.05, 4.69) is 16.7 Å². The van der Waals surface area contributed by atoms with Gasteiger partial charge in [0.05, 0.1) is 18.2 Å². The molecule has 0 bridgehead atoms. The highest BCUT2D eigenvalue weighted by atomic mass is 32.2. The Kier molecular flexibility index (Phi) is 8.04. The van der Waals surface area contributed by atoms with Gasteiger partial charge < -0.3 is 15.7 Å². The van der Waals surface area contributed by atoms with Crippen molar-refractivity contribution in [2.45, 2.75) is 19.0 Å². The van der Waals surface area contributed by atoms with Gasteiger partial charge >= 0.3 is 5.97 Å². The maximum absolute atomic E-state index is 11.8. The first kappa shape index (κ1) is 18.0. The molecule has 1 atom stereocenters. The molecule has 6 nitrogen and oxygen atoms in total. The lowest BCUT2D eigenvalue weighted by molar-refractivity contribution is -0.141. The average Bonchev–Trinajstić information content (AvgIpc) is 2.51. The van der Waals surface area contributed by atoms with Crippen LogP contribution in [0.5, 0.6) is 0 Å². The van der Waals surface area contributed by atoms with E-state index in [0.29, 0.717) is 24.3 Å². The number of rotatable bonds is 9. The van der Waals surface area contributed by atoms with Gasteiger partial charge in [-0.15, -0.1) is 0 Å². The second-order valence-corrected chi connectivity index (χ2v) is 5.60. The van der Waals surface area contributed by atoms with Gasteiger partial charge in [-0.1, -0.05) is 18.2 Å². The summed E-state index contributed by atoms with van der Waals surface area (Å²) in [5, 5.41) is 23.4. The van der Waals surface area contributed by atoms with E-state index in [9.17, 15) is 9.59 Å². The zero-order valence-electron chi connectivity index (χ0n) is 12.3. The molecule has 0 aliphatic rings. The van der Waals surface area contributed by atoms with Gasteiger partial charge in [-0.05, 0) is 30.1 Å². The molecule has 118 valence electrons. The second kappa shape index (κ2) is 9.82.